The first kappa shape index (κ1) is 18.1. The number of aromatic nitrogens is 2. The maximum atomic E-state index is 5.63. The van der Waals surface area contributed by atoms with Gasteiger partial charge in [-0.15, -0.1) is 0 Å². The zero-order chi connectivity index (χ0) is 18.8. The van der Waals surface area contributed by atoms with Gasteiger partial charge in [-0.3, -0.25) is 0 Å². The van der Waals surface area contributed by atoms with Gasteiger partial charge in [0.1, 0.15) is 17.3 Å². The molecule has 0 saturated heterocycles. The highest BCUT2D eigenvalue weighted by molar-refractivity contribution is 9.10. The number of halogens is 1. The number of nitrogens with zero attached hydrogens (tertiary/aromatic N) is 2. The topological polar surface area (TPSA) is 39.1 Å². The van der Waals surface area contributed by atoms with E-state index in [2.05, 4.69) is 63.2 Å². The van der Waals surface area contributed by atoms with Crippen LogP contribution in [-0.4, -0.2) is 23.4 Å². The van der Waals surface area contributed by atoms with E-state index in [0.29, 0.717) is 0 Å². The molecule has 0 aliphatic carbocycles. The van der Waals surface area contributed by atoms with Crippen molar-refractivity contribution in [3.05, 3.63) is 58.1 Å². The Kier molecular flexibility index (Phi) is 5.21. The number of methoxy groups -OCH3 is 1. The highest BCUT2D eigenvalue weighted by Gasteiger charge is 2.23. The molecule has 0 atom stereocenters. The lowest BCUT2D eigenvalue weighted by Crippen LogP contribution is -2.07. The molecule has 0 spiro atoms. The summed E-state index contributed by atoms with van der Waals surface area (Å²) in [5.74, 6) is 1.95. The molecule has 2 heterocycles. The van der Waals surface area contributed by atoms with Crippen LogP contribution < -0.4 is 10.1 Å². The van der Waals surface area contributed by atoms with E-state index in [-0.39, 0.29) is 0 Å². The van der Waals surface area contributed by atoms with Crippen LogP contribution in [0.5, 0.6) is 5.75 Å². The van der Waals surface area contributed by atoms with E-state index in [0.717, 1.165) is 58.8 Å². The monoisotopic (exact) mass is 425 g/mol. The molecule has 1 aliphatic heterocycles. The summed E-state index contributed by atoms with van der Waals surface area (Å²) < 4.78 is 8.71. The molecule has 3 aromatic rings. The van der Waals surface area contributed by atoms with Crippen LogP contribution in [0.1, 0.15) is 30.9 Å². The minimum absolute atomic E-state index is 0.844. The maximum absolute atomic E-state index is 5.63. The Labute approximate surface area is 168 Å². The van der Waals surface area contributed by atoms with Crippen molar-refractivity contribution in [1.29, 1.82) is 0 Å². The van der Waals surface area contributed by atoms with Crippen LogP contribution in [0.25, 0.3) is 16.9 Å². The number of ether oxygens (including phenoxy) is 1. The summed E-state index contributed by atoms with van der Waals surface area (Å²) >= 11 is 3.60. The van der Waals surface area contributed by atoms with Gasteiger partial charge >= 0.3 is 0 Å². The average Bonchev–Trinajstić information content (AvgIpc) is 2.88. The van der Waals surface area contributed by atoms with Crippen molar-refractivity contribution in [3.63, 3.8) is 0 Å². The van der Waals surface area contributed by atoms with E-state index in [1.807, 2.05) is 12.1 Å². The fraction of sp³-hybridized carbons (Fsp3) is 0.318. The summed E-state index contributed by atoms with van der Waals surface area (Å²) in [7, 11) is 1.71. The first-order valence-electron chi connectivity index (χ1n) is 9.50. The minimum atomic E-state index is 0.844. The van der Waals surface area contributed by atoms with Crippen molar-refractivity contribution in [3.8, 4) is 22.7 Å². The standard InChI is InChI=1S/C22H24BrN3O/c1-3-15-7-10-17(11-8-15)26-22-18(6-4-5-13-24-22)21(25-26)19-14-16(23)9-12-20(19)27-2/h7-12,14,24H,3-6,13H2,1-2H3. The van der Waals surface area contributed by atoms with Crippen LogP contribution >= 0.6 is 15.9 Å². The Bertz CT molecular complexity index is 947. The van der Waals surface area contributed by atoms with E-state index < -0.39 is 0 Å². The molecule has 0 unspecified atom stereocenters. The van der Waals surface area contributed by atoms with Gasteiger partial charge in [0.05, 0.1) is 12.8 Å². The van der Waals surface area contributed by atoms with Crippen molar-refractivity contribution in [2.45, 2.75) is 32.6 Å². The largest absolute Gasteiger partial charge is 0.496 e. The first-order chi connectivity index (χ1) is 13.2. The van der Waals surface area contributed by atoms with E-state index in [9.17, 15) is 0 Å². The number of fused-ring (bicyclic) bond motifs is 1. The first-order valence-corrected chi connectivity index (χ1v) is 10.3. The van der Waals surface area contributed by atoms with Gasteiger partial charge in [-0.05, 0) is 61.6 Å². The molecular formula is C22H24BrN3O. The molecule has 5 heteroatoms. The highest BCUT2D eigenvalue weighted by atomic mass is 79.9. The minimum Gasteiger partial charge on any atom is -0.496 e. The summed E-state index contributed by atoms with van der Waals surface area (Å²) in [6.45, 7) is 3.15. The number of aryl methyl sites for hydroxylation is 1. The van der Waals surface area contributed by atoms with E-state index in [1.54, 1.807) is 7.11 Å². The Morgan fingerprint density at radius 3 is 2.70 bits per heavy atom. The number of anilines is 1. The molecule has 1 aliphatic rings. The molecular weight excluding hydrogens is 402 g/mol. The van der Waals surface area contributed by atoms with Gasteiger partial charge in [0.2, 0.25) is 0 Å². The molecule has 0 radical (unpaired) electrons. The van der Waals surface area contributed by atoms with Gasteiger partial charge in [0.25, 0.3) is 0 Å². The number of benzene rings is 2. The average molecular weight is 426 g/mol. The third-order valence-corrected chi connectivity index (χ3v) is 5.63. The van der Waals surface area contributed by atoms with Gasteiger partial charge in [-0.1, -0.05) is 35.0 Å². The Morgan fingerprint density at radius 2 is 1.96 bits per heavy atom. The lowest BCUT2D eigenvalue weighted by Gasteiger charge is -2.09. The maximum Gasteiger partial charge on any atom is 0.133 e. The van der Waals surface area contributed by atoms with Crippen molar-refractivity contribution < 1.29 is 4.74 Å². The fourth-order valence-corrected chi connectivity index (χ4v) is 4.00. The second-order valence-corrected chi connectivity index (χ2v) is 7.75. The van der Waals surface area contributed by atoms with E-state index in [1.165, 1.54) is 17.5 Å². The summed E-state index contributed by atoms with van der Waals surface area (Å²) in [4.78, 5) is 0. The van der Waals surface area contributed by atoms with Gasteiger partial charge in [0, 0.05) is 22.1 Å². The molecule has 0 bridgehead atoms. The van der Waals surface area contributed by atoms with Crippen LogP contribution in [0.2, 0.25) is 0 Å². The summed E-state index contributed by atoms with van der Waals surface area (Å²) in [5, 5.41) is 8.64. The van der Waals surface area contributed by atoms with Gasteiger partial charge in [-0.25, -0.2) is 4.68 Å². The number of rotatable bonds is 4. The van der Waals surface area contributed by atoms with Crippen LogP contribution in [0.15, 0.2) is 46.9 Å². The fourth-order valence-electron chi connectivity index (χ4n) is 3.64. The zero-order valence-electron chi connectivity index (χ0n) is 15.8. The summed E-state index contributed by atoms with van der Waals surface area (Å²) in [6.07, 6.45) is 4.37. The van der Waals surface area contributed by atoms with Gasteiger partial charge in [0.15, 0.2) is 0 Å². The number of hydrogen-bond donors (Lipinski definition) is 1. The van der Waals surface area contributed by atoms with Crippen molar-refractivity contribution in [2.24, 2.45) is 0 Å². The molecule has 4 rings (SSSR count). The van der Waals surface area contributed by atoms with Crippen LogP contribution in [0, 0.1) is 0 Å². The second-order valence-electron chi connectivity index (χ2n) is 6.84. The molecule has 4 nitrogen and oxygen atoms in total. The van der Waals surface area contributed by atoms with E-state index in [4.69, 9.17) is 9.84 Å². The zero-order valence-corrected chi connectivity index (χ0v) is 17.3. The summed E-state index contributed by atoms with van der Waals surface area (Å²) in [5.41, 5.74) is 5.70. The quantitative estimate of drug-likeness (QED) is 0.589. The molecule has 140 valence electrons. The Balaban J connectivity index is 1.90. The Morgan fingerprint density at radius 1 is 1.15 bits per heavy atom. The van der Waals surface area contributed by atoms with E-state index >= 15 is 0 Å². The summed E-state index contributed by atoms with van der Waals surface area (Å²) in [6, 6.07) is 14.8. The third-order valence-electron chi connectivity index (χ3n) is 5.14. The molecule has 1 N–H and O–H groups in total. The predicted octanol–water partition coefficient (Wildman–Crippen LogP) is 5.62. The smallest absolute Gasteiger partial charge is 0.133 e. The molecule has 1 aromatic heterocycles. The van der Waals surface area contributed by atoms with Crippen molar-refractivity contribution >= 4 is 21.7 Å². The lowest BCUT2D eigenvalue weighted by atomic mass is 10.0. The molecule has 2 aromatic carbocycles. The van der Waals surface area contributed by atoms with Crippen molar-refractivity contribution in [2.75, 3.05) is 19.0 Å². The normalized spacial score (nSPS) is 13.6. The molecule has 0 saturated carbocycles. The van der Waals surface area contributed by atoms with Crippen LogP contribution in [-0.2, 0) is 12.8 Å². The molecule has 0 fully saturated rings. The SMILES string of the molecule is CCc1ccc(-n2nc(-c3cc(Br)ccc3OC)c3c2NCCCC3)cc1. The number of hydrogen-bond acceptors (Lipinski definition) is 3. The Hall–Kier alpha value is -2.27. The predicted molar refractivity (Wildman–Crippen MR) is 114 cm³/mol. The van der Waals surface area contributed by atoms with Crippen molar-refractivity contribution in [1.82, 2.24) is 9.78 Å². The molecule has 0 amide bonds. The van der Waals surface area contributed by atoms with Crippen LogP contribution in [0.4, 0.5) is 5.82 Å². The third kappa shape index (κ3) is 3.48. The number of nitrogens with one attached hydrogen (secondary N) is 1. The van der Waals surface area contributed by atoms with Gasteiger partial charge < -0.3 is 10.1 Å². The van der Waals surface area contributed by atoms with Gasteiger partial charge in [-0.2, -0.15) is 5.10 Å². The second kappa shape index (κ2) is 7.77. The highest BCUT2D eigenvalue weighted by Crippen LogP contribution is 2.39. The lowest BCUT2D eigenvalue weighted by molar-refractivity contribution is 0.416. The molecule has 27 heavy (non-hydrogen) atoms. The van der Waals surface area contributed by atoms with Crippen LogP contribution in [0.3, 0.4) is 0 Å².